The number of nitrogens with one attached hydrogen (secondary N) is 1. The Labute approximate surface area is 160 Å². The fourth-order valence-corrected chi connectivity index (χ4v) is 4.77. The Balaban J connectivity index is 1.69. The molecular formula is C19H23ClN2O3S. The normalized spacial score (nSPS) is 16.5. The van der Waals surface area contributed by atoms with Crippen LogP contribution in [0.2, 0.25) is 5.02 Å². The highest BCUT2D eigenvalue weighted by molar-refractivity contribution is 7.89. The molecule has 3 rings (SSSR count). The van der Waals surface area contributed by atoms with Gasteiger partial charge in [0.25, 0.3) is 0 Å². The number of nitrogens with zero attached hydrogens (tertiary/aromatic N) is 1. The first-order valence-corrected chi connectivity index (χ1v) is 10.5. The van der Waals surface area contributed by atoms with Gasteiger partial charge < -0.3 is 10.1 Å². The maximum absolute atomic E-state index is 12.8. The maximum atomic E-state index is 12.8. The second kappa shape index (κ2) is 8.39. The molecule has 0 aromatic heterocycles. The molecule has 0 unspecified atom stereocenters. The van der Waals surface area contributed by atoms with Gasteiger partial charge in [0.05, 0.1) is 9.92 Å². The van der Waals surface area contributed by atoms with Gasteiger partial charge in [-0.1, -0.05) is 23.7 Å². The molecule has 2 aromatic carbocycles. The lowest BCUT2D eigenvalue weighted by atomic mass is 9.98. The number of para-hydroxylation sites is 1. The van der Waals surface area contributed by atoms with Gasteiger partial charge in [0.1, 0.15) is 11.5 Å². The van der Waals surface area contributed by atoms with Crippen LogP contribution < -0.4 is 10.1 Å². The van der Waals surface area contributed by atoms with Crippen molar-refractivity contribution in [2.75, 3.05) is 26.7 Å². The van der Waals surface area contributed by atoms with Crippen molar-refractivity contribution in [3.05, 3.63) is 53.6 Å². The van der Waals surface area contributed by atoms with Crippen LogP contribution in [-0.2, 0) is 10.0 Å². The SMILES string of the molecule is CNCC1CCN(S(=O)(=O)c2ccc(Oc3ccccc3Cl)cc2)CC1. The van der Waals surface area contributed by atoms with Crippen molar-refractivity contribution in [2.24, 2.45) is 5.92 Å². The van der Waals surface area contributed by atoms with Gasteiger partial charge in [0.15, 0.2) is 0 Å². The zero-order valence-corrected chi connectivity index (χ0v) is 16.3. The minimum absolute atomic E-state index is 0.288. The standard InChI is InChI=1S/C19H23ClN2O3S/c1-21-14-15-10-12-22(13-11-15)26(23,24)17-8-6-16(7-9-17)25-19-5-3-2-4-18(19)20/h2-9,15,21H,10-14H2,1H3. The summed E-state index contributed by atoms with van der Waals surface area (Å²) in [4.78, 5) is 0.288. The summed E-state index contributed by atoms with van der Waals surface area (Å²) in [5.41, 5.74) is 0. The molecule has 1 heterocycles. The lowest BCUT2D eigenvalue weighted by Crippen LogP contribution is -2.40. The molecule has 0 saturated carbocycles. The number of rotatable bonds is 6. The smallest absolute Gasteiger partial charge is 0.243 e. The lowest BCUT2D eigenvalue weighted by Gasteiger charge is -2.31. The number of sulfonamides is 1. The Morgan fingerprint density at radius 1 is 1.12 bits per heavy atom. The average Bonchev–Trinajstić information content (AvgIpc) is 2.65. The van der Waals surface area contributed by atoms with Crippen molar-refractivity contribution in [2.45, 2.75) is 17.7 Å². The molecule has 1 N–H and O–H groups in total. The van der Waals surface area contributed by atoms with E-state index in [1.165, 1.54) is 0 Å². The number of ether oxygens (including phenoxy) is 1. The van der Waals surface area contributed by atoms with Crippen LogP contribution in [0.15, 0.2) is 53.4 Å². The Morgan fingerprint density at radius 3 is 2.38 bits per heavy atom. The summed E-state index contributed by atoms with van der Waals surface area (Å²) in [6, 6.07) is 13.6. The molecule has 1 aliphatic heterocycles. The third-order valence-corrected chi connectivity index (χ3v) is 6.82. The molecule has 26 heavy (non-hydrogen) atoms. The van der Waals surface area contributed by atoms with E-state index in [9.17, 15) is 8.42 Å². The van der Waals surface area contributed by atoms with Gasteiger partial charge in [-0.15, -0.1) is 0 Å². The first-order valence-electron chi connectivity index (χ1n) is 8.68. The molecule has 0 radical (unpaired) electrons. The monoisotopic (exact) mass is 394 g/mol. The summed E-state index contributed by atoms with van der Waals surface area (Å²) in [6.07, 6.45) is 1.77. The molecule has 1 aliphatic rings. The minimum Gasteiger partial charge on any atom is -0.456 e. The lowest BCUT2D eigenvalue weighted by molar-refractivity contribution is 0.270. The van der Waals surface area contributed by atoms with Crippen molar-refractivity contribution < 1.29 is 13.2 Å². The predicted molar refractivity (Wildman–Crippen MR) is 103 cm³/mol. The van der Waals surface area contributed by atoms with Crippen LogP contribution >= 0.6 is 11.6 Å². The van der Waals surface area contributed by atoms with Gasteiger partial charge >= 0.3 is 0 Å². The Hall–Kier alpha value is -1.60. The summed E-state index contributed by atoms with van der Waals surface area (Å²) < 4.78 is 32.9. The van der Waals surface area contributed by atoms with Gasteiger partial charge in [0.2, 0.25) is 10.0 Å². The molecule has 2 aromatic rings. The van der Waals surface area contributed by atoms with Crippen LogP contribution in [0.1, 0.15) is 12.8 Å². The average molecular weight is 395 g/mol. The van der Waals surface area contributed by atoms with E-state index in [1.807, 2.05) is 19.2 Å². The first kappa shape index (κ1) is 19.2. The number of hydrogen-bond donors (Lipinski definition) is 1. The highest BCUT2D eigenvalue weighted by atomic mass is 35.5. The highest BCUT2D eigenvalue weighted by Gasteiger charge is 2.29. The van der Waals surface area contributed by atoms with Gasteiger partial charge in [-0.05, 0) is 68.8 Å². The summed E-state index contributed by atoms with van der Waals surface area (Å²) in [7, 11) is -1.54. The summed E-state index contributed by atoms with van der Waals surface area (Å²) in [5, 5.41) is 3.67. The number of piperidine rings is 1. The van der Waals surface area contributed by atoms with Crippen molar-refractivity contribution in [1.82, 2.24) is 9.62 Å². The van der Waals surface area contributed by atoms with E-state index in [0.717, 1.165) is 19.4 Å². The van der Waals surface area contributed by atoms with Gasteiger partial charge in [-0.2, -0.15) is 4.31 Å². The van der Waals surface area contributed by atoms with E-state index < -0.39 is 10.0 Å². The first-order chi connectivity index (χ1) is 12.5. The third kappa shape index (κ3) is 4.38. The molecule has 1 fully saturated rings. The Kier molecular flexibility index (Phi) is 6.19. The number of benzene rings is 2. The van der Waals surface area contributed by atoms with Crippen molar-refractivity contribution in [1.29, 1.82) is 0 Å². The molecule has 0 bridgehead atoms. The Morgan fingerprint density at radius 2 is 1.77 bits per heavy atom. The summed E-state index contributed by atoms with van der Waals surface area (Å²) in [5.74, 6) is 1.62. The van der Waals surface area contributed by atoms with Crippen LogP contribution in [0, 0.1) is 5.92 Å². The molecule has 0 spiro atoms. The molecule has 140 valence electrons. The maximum Gasteiger partial charge on any atom is 0.243 e. The predicted octanol–water partition coefficient (Wildman–Crippen LogP) is 3.75. The van der Waals surface area contributed by atoms with Crippen molar-refractivity contribution in [3.63, 3.8) is 0 Å². The third-order valence-electron chi connectivity index (χ3n) is 4.59. The molecule has 5 nitrogen and oxygen atoms in total. The molecular weight excluding hydrogens is 372 g/mol. The summed E-state index contributed by atoms with van der Waals surface area (Å²) in [6.45, 7) is 2.06. The van der Waals surface area contributed by atoms with E-state index in [1.54, 1.807) is 40.7 Å². The van der Waals surface area contributed by atoms with Gasteiger partial charge in [-0.25, -0.2) is 8.42 Å². The number of halogens is 1. The minimum atomic E-state index is -3.47. The van der Waals surface area contributed by atoms with E-state index in [4.69, 9.17) is 16.3 Å². The van der Waals surface area contributed by atoms with Crippen LogP contribution in [0.4, 0.5) is 0 Å². The molecule has 0 aliphatic carbocycles. The zero-order chi connectivity index (χ0) is 18.6. The van der Waals surface area contributed by atoms with Crippen LogP contribution in [0.25, 0.3) is 0 Å². The zero-order valence-electron chi connectivity index (χ0n) is 14.7. The van der Waals surface area contributed by atoms with E-state index >= 15 is 0 Å². The van der Waals surface area contributed by atoms with E-state index in [2.05, 4.69) is 5.32 Å². The topological polar surface area (TPSA) is 58.6 Å². The van der Waals surface area contributed by atoms with E-state index in [0.29, 0.717) is 35.5 Å². The van der Waals surface area contributed by atoms with Gasteiger partial charge in [0, 0.05) is 13.1 Å². The van der Waals surface area contributed by atoms with Crippen LogP contribution in [-0.4, -0.2) is 39.4 Å². The molecule has 0 atom stereocenters. The highest BCUT2D eigenvalue weighted by Crippen LogP contribution is 2.30. The van der Waals surface area contributed by atoms with Crippen LogP contribution in [0.3, 0.4) is 0 Å². The fraction of sp³-hybridized carbons (Fsp3) is 0.368. The van der Waals surface area contributed by atoms with E-state index in [-0.39, 0.29) is 4.90 Å². The van der Waals surface area contributed by atoms with Crippen molar-refractivity contribution in [3.8, 4) is 11.5 Å². The molecule has 0 amide bonds. The summed E-state index contributed by atoms with van der Waals surface area (Å²) >= 11 is 6.08. The van der Waals surface area contributed by atoms with Gasteiger partial charge in [-0.3, -0.25) is 0 Å². The second-order valence-electron chi connectivity index (χ2n) is 6.41. The Bertz CT molecular complexity index is 832. The van der Waals surface area contributed by atoms with Crippen molar-refractivity contribution >= 4 is 21.6 Å². The molecule has 7 heteroatoms. The largest absolute Gasteiger partial charge is 0.456 e. The quantitative estimate of drug-likeness (QED) is 0.810. The molecule has 1 saturated heterocycles. The number of hydrogen-bond acceptors (Lipinski definition) is 4. The second-order valence-corrected chi connectivity index (χ2v) is 8.75. The fourth-order valence-electron chi connectivity index (χ4n) is 3.13. The van der Waals surface area contributed by atoms with Crippen LogP contribution in [0.5, 0.6) is 11.5 Å².